The van der Waals surface area contributed by atoms with Crippen molar-refractivity contribution < 1.29 is 19.5 Å². The third-order valence-corrected chi connectivity index (χ3v) is 13.1. The molecular formula is C44H62N4O4. The number of fused-ring (bicyclic) bond motifs is 2. The number of unbranched alkanes of at least 4 members (excludes halogenated alkanes) is 2. The van der Waals surface area contributed by atoms with E-state index in [1.807, 2.05) is 45.2 Å². The second kappa shape index (κ2) is 14.8. The Morgan fingerprint density at radius 1 is 0.865 bits per heavy atom. The molecule has 4 unspecified atom stereocenters. The van der Waals surface area contributed by atoms with Crippen molar-refractivity contribution >= 4 is 40.3 Å². The van der Waals surface area contributed by atoms with Gasteiger partial charge in [-0.2, -0.15) is 0 Å². The van der Waals surface area contributed by atoms with Gasteiger partial charge in [0.25, 0.3) is 0 Å². The van der Waals surface area contributed by atoms with E-state index < -0.39 is 0 Å². The van der Waals surface area contributed by atoms with Crippen LogP contribution in [0.1, 0.15) is 132 Å². The summed E-state index contributed by atoms with van der Waals surface area (Å²) in [4.78, 5) is 51.1. The lowest BCUT2D eigenvalue weighted by Gasteiger charge is -2.30. The summed E-state index contributed by atoms with van der Waals surface area (Å²) in [7, 11) is 4.10. The molecule has 8 nitrogen and oxygen atoms in total. The minimum atomic E-state index is -0.317. The zero-order valence-electron chi connectivity index (χ0n) is 33.8. The highest BCUT2D eigenvalue weighted by Gasteiger charge is 2.48. The van der Waals surface area contributed by atoms with E-state index in [1.165, 1.54) is 0 Å². The van der Waals surface area contributed by atoms with Crippen LogP contribution in [0.3, 0.4) is 0 Å². The Labute approximate surface area is 312 Å². The Morgan fingerprint density at radius 3 is 2.04 bits per heavy atom. The number of carbonyl (C=O) groups excluding carboxylic acids is 3. The van der Waals surface area contributed by atoms with E-state index in [1.54, 1.807) is 0 Å². The summed E-state index contributed by atoms with van der Waals surface area (Å²) >= 11 is 0. The summed E-state index contributed by atoms with van der Waals surface area (Å²) in [6, 6.07) is 4.32. The van der Waals surface area contributed by atoms with Gasteiger partial charge in [0.1, 0.15) is 5.76 Å². The number of benzene rings is 1. The maximum absolute atomic E-state index is 14.6. The molecule has 0 bridgehead atoms. The number of allylic oxidation sites excluding steroid dienone is 6. The summed E-state index contributed by atoms with van der Waals surface area (Å²) in [5, 5.41) is 15.2. The van der Waals surface area contributed by atoms with Crippen molar-refractivity contribution in [2.75, 3.05) is 24.3 Å². The van der Waals surface area contributed by atoms with E-state index in [2.05, 4.69) is 77.6 Å². The van der Waals surface area contributed by atoms with E-state index in [-0.39, 0.29) is 69.3 Å². The minimum absolute atomic E-state index is 0.0755. The molecule has 2 N–H and O–H groups in total. The number of rotatable bonds is 12. The lowest BCUT2D eigenvalue weighted by atomic mass is 9.73. The number of aliphatic hydroxyl groups is 1. The maximum Gasteiger partial charge on any atom is 0.249 e. The molecule has 4 atom stereocenters. The van der Waals surface area contributed by atoms with Gasteiger partial charge in [-0.1, -0.05) is 81.1 Å². The molecule has 2 heterocycles. The number of nitrogens with zero attached hydrogens (tertiary/aromatic N) is 3. The Morgan fingerprint density at radius 2 is 1.46 bits per heavy atom. The predicted molar refractivity (Wildman–Crippen MR) is 214 cm³/mol. The van der Waals surface area contributed by atoms with Crippen LogP contribution < -0.4 is 10.2 Å². The number of ketones is 1. The van der Waals surface area contributed by atoms with Crippen LogP contribution in [-0.2, 0) is 19.8 Å². The second-order valence-corrected chi connectivity index (χ2v) is 16.7. The number of Topliss-reactive ketones (excluding diaryl/α,β-unsaturated/α-hetero) is 1. The molecule has 0 saturated carbocycles. The molecule has 8 heteroatoms. The van der Waals surface area contributed by atoms with Gasteiger partial charge in [0.05, 0.1) is 22.5 Å². The number of likely N-dealkylation sites (N-methyl/N-ethyl adjacent to an activating group) is 2. The van der Waals surface area contributed by atoms with Gasteiger partial charge in [-0.15, -0.1) is 0 Å². The van der Waals surface area contributed by atoms with Crippen LogP contribution in [0.5, 0.6) is 0 Å². The lowest BCUT2D eigenvalue weighted by molar-refractivity contribution is -0.122. The van der Waals surface area contributed by atoms with E-state index in [0.29, 0.717) is 35.4 Å². The van der Waals surface area contributed by atoms with Crippen molar-refractivity contribution in [2.45, 2.75) is 138 Å². The molecule has 1 saturated heterocycles. The fourth-order valence-corrected chi connectivity index (χ4v) is 8.49. The first-order valence-electron chi connectivity index (χ1n) is 19.7. The average Bonchev–Trinajstić information content (AvgIpc) is 3.37. The maximum atomic E-state index is 14.6. The first-order chi connectivity index (χ1) is 24.5. The molecule has 0 radical (unpaired) electrons. The van der Waals surface area contributed by atoms with Crippen molar-refractivity contribution in [3.8, 4) is 0 Å². The molecule has 2 aliphatic carbocycles. The van der Waals surface area contributed by atoms with Gasteiger partial charge in [-0.3, -0.25) is 14.4 Å². The molecular weight excluding hydrogens is 649 g/mol. The molecule has 282 valence electrons. The number of aliphatic hydroxyl groups excluding tert-OH is 1. The zero-order chi connectivity index (χ0) is 38.4. The van der Waals surface area contributed by atoms with Gasteiger partial charge in [0, 0.05) is 71.4 Å². The molecule has 52 heavy (non-hydrogen) atoms. The van der Waals surface area contributed by atoms with E-state index in [4.69, 9.17) is 4.99 Å². The number of likely N-dealkylation sites (tertiary alicyclic amines) is 1. The fourth-order valence-electron chi connectivity index (χ4n) is 8.49. The van der Waals surface area contributed by atoms with Crippen LogP contribution in [0.15, 0.2) is 57.5 Å². The number of amides is 2. The first-order valence-corrected chi connectivity index (χ1v) is 19.7. The standard InChI is InChI=1S/C44H62N4O4/c1-13-17-19-27(15-3)41(51)45-33-23-35-31(43(7,8)25(5)47(35)11)21-29(33)37-39(49)38(40(37)50)30-22-32-36(48(12)26(6)44(32,9)10)24-34(30)46-42(52)28(16-4)20-18-14-2/h21-28,49H,13-20H2,1-12H3,(H,45,51). The number of hydrogen-bond acceptors (Lipinski definition) is 6. The topological polar surface area (TPSA) is 102 Å². The third-order valence-electron chi connectivity index (χ3n) is 13.1. The molecule has 1 aromatic carbocycles. The summed E-state index contributed by atoms with van der Waals surface area (Å²) in [5.74, 6) is -1.08. The largest absolute Gasteiger partial charge is 0.506 e. The SMILES string of the molecule is CCCCC(CC)C(=O)N=C1C=C2C(=CC1=C1C(=O)C(c3cc4c(cc3NC(=O)C(CC)CCCC)N(C)C(C)C4(C)C)=C1O)C(C)(C)C(C)N2C. The molecule has 2 aliphatic heterocycles. The third kappa shape index (κ3) is 6.49. The summed E-state index contributed by atoms with van der Waals surface area (Å²) in [6.45, 7) is 21.4. The van der Waals surface area contributed by atoms with Crippen LogP contribution in [0, 0.1) is 17.3 Å². The van der Waals surface area contributed by atoms with E-state index >= 15 is 0 Å². The number of carbonyl (C=O) groups is 3. The zero-order valence-corrected chi connectivity index (χ0v) is 33.8. The average molecular weight is 711 g/mol. The molecule has 1 aromatic rings. The number of hydrogen-bond donors (Lipinski definition) is 2. The molecule has 0 aromatic heterocycles. The smallest absolute Gasteiger partial charge is 0.249 e. The Kier molecular flexibility index (Phi) is 11.2. The lowest BCUT2D eigenvalue weighted by Crippen LogP contribution is -2.36. The van der Waals surface area contributed by atoms with Gasteiger partial charge in [-0.05, 0) is 75.0 Å². The molecule has 4 aliphatic rings. The molecule has 2 amide bonds. The van der Waals surface area contributed by atoms with Gasteiger partial charge in [-0.25, -0.2) is 4.99 Å². The Balaban J connectivity index is 1.70. The molecule has 1 fully saturated rings. The summed E-state index contributed by atoms with van der Waals surface area (Å²) in [6.07, 6.45) is 10.7. The van der Waals surface area contributed by atoms with E-state index in [9.17, 15) is 19.5 Å². The van der Waals surface area contributed by atoms with Crippen molar-refractivity contribution in [2.24, 2.45) is 22.2 Å². The van der Waals surface area contributed by atoms with Gasteiger partial charge < -0.3 is 20.2 Å². The van der Waals surface area contributed by atoms with Crippen LogP contribution in [0.25, 0.3) is 5.57 Å². The second-order valence-electron chi connectivity index (χ2n) is 16.7. The van der Waals surface area contributed by atoms with E-state index in [0.717, 1.165) is 61.0 Å². The van der Waals surface area contributed by atoms with Crippen LogP contribution in [0.4, 0.5) is 11.4 Å². The summed E-state index contributed by atoms with van der Waals surface area (Å²) in [5.41, 5.74) is 5.88. The quantitative estimate of drug-likeness (QED) is 0.210. The normalized spacial score (nSPS) is 25.1. The van der Waals surface area contributed by atoms with Crippen molar-refractivity contribution in [3.05, 3.63) is 63.6 Å². The van der Waals surface area contributed by atoms with Gasteiger partial charge in [0.2, 0.25) is 17.6 Å². The number of nitrogens with one attached hydrogen (secondary N) is 1. The van der Waals surface area contributed by atoms with Crippen LogP contribution in [0.2, 0.25) is 0 Å². The monoisotopic (exact) mass is 710 g/mol. The highest BCUT2D eigenvalue weighted by molar-refractivity contribution is 6.42. The summed E-state index contributed by atoms with van der Waals surface area (Å²) < 4.78 is 0. The van der Waals surface area contributed by atoms with Crippen LogP contribution >= 0.6 is 0 Å². The molecule has 5 rings (SSSR count). The van der Waals surface area contributed by atoms with Crippen molar-refractivity contribution in [1.29, 1.82) is 0 Å². The highest BCUT2D eigenvalue weighted by atomic mass is 16.3. The molecule has 0 spiro atoms. The van der Waals surface area contributed by atoms with Crippen LogP contribution in [-0.4, -0.2) is 59.5 Å². The first kappa shape index (κ1) is 39.3. The highest BCUT2D eigenvalue weighted by Crippen LogP contribution is 2.52. The van der Waals surface area contributed by atoms with Crippen molar-refractivity contribution in [1.82, 2.24) is 4.90 Å². The Bertz CT molecular complexity index is 1810. The minimum Gasteiger partial charge on any atom is -0.506 e. The van der Waals surface area contributed by atoms with Crippen molar-refractivity contribution in [3.63, 3.8) is 0 Å². The predicted octanol–water partition coefficient (Wildman–Crippen LogP) is 9.47. The Hall–Kier alpha value is -3.94. The van der Waals surface area contributed by atoms with Gasteiger partial charge in [0.15, 0.2) is 0 Å². The number of aliphatic imine (C=N–C) groups is 1. The number of anilines is 2. The fraction of sp³-hybridized carbons (Fsp3) is 0.591. The van der Waals surface area contributed by atoms with Gasteiger partial charge >= 0.3 is 0 Å².